The molecule has 0 aliphatic carbocycles. The number of H-pyrrole nitrogens is 1. The smallest absolute Gasteiger partial charge is 0.253 e. The maximum absolute atomic E-state index is 13.0. The fourth-order valence-corrected chi connectivity index (χ4v) is 4.55. The predicted molar refractivity (Wildman–Crippen MR) is 144 cm³/mol. The number of nitrogens with zero attached hydrogens (tertiary/aromatic N) is 1. The summed E-state index contributed by atoms with van der Waals surface area (Å²) in [7, 11) is 1.62. The van der Waals surface area contributed by atoms with E-state index in [1.54, 1.807) is 7.11 Å². The topological polar surface area (TPSA) is 75.8 Å². The molecule has 0 bridgehead atoms. The molecule has 5 rings (SSSR count). The summed E-state index contributed by atoms with van der Waals surface area (Å²) >= 11 is 5.85. The lowest BCUT2D eigenvalue weighted by molar-refractivity contribution is 0.174. The number of benzene rings is 3. The quantitative estimate of drug-likeness (QED) is 0.349. The molecule has 36 heavy (non-hydrogen) atoms. The first-order valence-electron chi connectivity index (χ1n) is 11.7. The molecule has 7 nitrogen and oxygen atoms in total. The Hall–Kier alpha value is -4.04. The van der Waals surface area contributed by atoms with E-state index in [9.17, 15) is 4.79 Å². The van der Waals surface area contributed by atoms with Gasteiger partial charge in [0.25, 0.3) is 5.56 Å². The molecule has 184 valence electrons. The largest absolute Gasteiger partial charge is 0.497 e. The zero-order valence-corrected chi connectivity index (χ0v) is 20.9. The van der Waals surface area contributed by atoms with Crippen LogP contribution in [0.1, 0.15) is 29.7 Å². The second kappa shape index (κ2) is 10.3. The van der Waals surface area contributed by atoms with E-state index in [4.69, 9.17) is 26.4 Å². The third-order valence-corrected chi connectivity index (χ3v) is 6.60. The van der Waals surface area contributed by atoms with Crippen LogP contribution < -0.4 is 25.1 Å². The zero-order chi connectivity index (χ0) is 25.1. The van der Waals surface area contributed by atoms with Crippen molar-refractivity contribution < 1.29 is 14.2 Å². The number of aromatic nitrogens is 1. The van der Waals surface area contributed by atoms with Crippen molar-refractivity contribution in [1.29, 1.82) is 0 Å². The summed E-state index contributed by atoms with van der Waals surface area (Å²) in [4.78, 5) is 18.0. The van der Waals surface area contributed by atoms with E-state index in [-0.39, 0.29) is 18.4 Å². The molecule has 1 aliphatic heterocycles. The first-order valence-corrected chi connectivity index (χ1v) is 12.1. The molecule has 8 heteroatoms. The van der Waals surface area contributed by atoms with E-state index in [2.05, 4.69) is 29.4 Å². The van der Waals surface area contributed by atoms with E-state index >= 15 is 0 Å². The van der Waals surface area contributed by atoms with Gasteiger partial charge in [-0.3, -0.25) is 4.79 Å². The number of pyridine rings is 1. The van der Waals surface area contributed by atoms with Crippen molar-refractivity contribution in [3.63, 3.8) is 0 Å². The van der Waals surface area contributed by atoms with Crippen molar-refractivity contribution >= 4 is 28.2 Å². The molecule has 1 unspecified atom stereocenters. The number of hydrogen-bond donors (Lipinski definition) is 2. The van der Waals surface area contributed by atoms with Gasteiger partial charge in [0.2, 0.25) is 6.79 Å². The van der Waals surface area contributed by atoms with Crippen LogP contribution in [0.15, 0.2) is 77.6 Å². The number of thiocarbonyl (C=S) groups is 1. The van der Waals surface area contributed by atoms with Crippen LogP contribution in [0.2, 0.25) is 0 Å². The van der Waals surface area contributed by atoms with Gasteiger partial charge in [0.15, 0.2) is 16.6 Å². The first-order chi connectivity index (χ1) is 17.5. The Morgan fingerprint density at radius 3 is 2.67 bits per heavy atom. The van der Waals surface area contributed by atoms with Crippen LogP contribution in [0, 0.1) is 0 Å². The molecular formula is C28H27N3O4S. The van der Waals surface area contributed by atoms with E-state index in [1.807, 2.05) is 65.6 Å². The molecule has 0 radical (unpaired) electrons. The Morgan fingerprint density at radius 1 is 1.06 bits per heavy atom. The average Bonchev–Trinajstić information content (AvgIpc) is 3.37. The third kappa shape index (κ3) is 5.13. The summed E-state index contributed by atoms with van der Waals surface area (Å²) in [6, 6.07) is 23.4. The summed E-state index contributed by atoms with van der Waals surface area (Å²) in [5.74, 6) is 2.16. The summed E-state index contributed by atoms with van der Waals surface area (Å²) in [6.45, 7) is 3.09. The van der Waals surface area contributed by atoms with Crippen LogP contribution in [0.3, 0.4) is 0 Å². The van der Waals surface area contributed by atoms with Crippen LogP contribution in [-0.2, 0) is 13.1 Å². The van der Waals surface area contributed by atoms with Crippen molar-refractivity contribution in [2.45, 2.75) is 26.1 Å². The van der Waals surface area contributed by atoms with Gasteiger partial charge in [-0.05, 0) is 66.7 Å². The Balaban J connectivity index is 1.44. The van der Waals surface area contributed by atoms with Crippen molar-refractivity contribution in [2.75, 3.05) is 13.9 Å². The molecular weight excluding hydrogens is 474 g/mol. The highest BCUT2D eigenvalue weighted by Gasteiger charge is 2.19. The minimum Gasteiger partial charge on any atom is -0.497 e. The highest BCUT2D eigenvalue weighted by atomic mass is 32.1. The molecule has 3 aromatic carbocycles. The zero-order valence-electron chi connectivity index (χ0n) is 20.1. The molecule has 1 atom stereocenters. The van der Waals surface area contributed by atoms with Crippen molar-refractivity contribution in [1.82, 2.24) is 15.2 Å². The first kappa shape index (κ1) is 23.7. The molecule has 0 spiro atoms. The number of aromatic amines is 1. The van der Waals surface area contributed by atoms with Gasteiger partial charge in [0, 0.05) is 23.0 Å². The van der Waals surface area contributed by atoms with Gasteiger partial charge in [0.1, 0.15) is 5.75 Å². The van der Waals surface area contributed by atoms with E-state index < -0.39 is 0 Å². The van der Waals surface area contributed by atoms with E-state index in [0.29, 0.717) is 29.5 Å². The SMILES string of the molecule is COc1ccc2[nH]c(=O)c(CN(Cc3ccc4c(c3)OCO4)C(=S)NC(C)c3ccccc3)cc2c1. The average molecular weight is 502 g/mol. The Bertz CT molecular complexity index is 1450. The maximum Gasteiger partial charge on any atom is 0.253 e. The maximum atomic E-state index is 13.0. The molecule has 0 saturated heterocycles. The Labute approximate surface area is 214 Å². The van der Waals surface area contributed by atoms with Gasteiger partial charge >= 0.3 is 0 Å². The molecule has 2 heterocycles. The van der Waals surface area contributed by atoms with Crippen molar-refractivity contribution in [3.8, 4) is 17.2 Å². The number of nitrogens with one attached hydrogen (secondary N) is 2. The van der Waals surface area contributed by atoms with Gasteiger partial charge in [-0.15, -0.1) is 0 Å². The molecule has 2 N–H and O–H groups in total. The van der Waals surface area contributed by atoms with Crippen LogP contribution in [0.25, 0.3) is 10.9 Å². The lowest BCUT2D eigenvalue weighted by Gasteiger charge is -2.28. The number of ether oxygens (including phenoxy) is 3. The van der Waals surface area contributed by atoms with Crippen LogP contribution in [-0.4, -0.2) is 28.9 Å². The molecule has 0 fully saturated rings. The van der Waals surface area contributed by atoms with Crippen molar-refractivity contribution in [3.05, 3.63) is 99.8 Å². The van der Waals surface area contributed by atoms with Crippen LogP contribution in [0.5, 0.6) is 17.2 Å². The molecule has 1 aliphatic rings. The number of fused-ring (bicyclic) bond motifs is 2. The summed E-state index contributed by atoms with van der Waals surface area (Å²) in [6.07, 6.45) is 0. The summed E-state index contributed by atoms with van der Waals surface area (Å²) < 4.78 is 16.4. The minimum absolute atomic E-state index is 0.00268. The van der Waals surface area contributed by atoms with Crippen molar-refractivity contribution in [2.24, 2.45) is 0 Å². The van der Waals surface area contributed by atoms with E-state index in [0.717, 1.165) is 33.5 Å². The second-order valence-corrected chi connectivity index (χ2v) is 9.09. The normalized spacial score (nSPS) is 12.8. The summed E-state index contributed by atoms with van der Waals surface area (Å²) in [5, 5.41) is 4.88. The van der Waals surface area contributed by atoms with Crippen LogP contribution >= 0.6 is 12.2 Å². The number of rotatable bonds is 7. The highest BCUT2D eigenvalue weighted by molar-refractivity contribution is 7.80. The van der Waals surface area contributed by atoms with Crippen LogP contribution in [0.4, 0.5) is 0 Å². The molecule has 0 saturated carbocycles. The monoisotopic (exact) mass is 501 g/mol. The fourth-order valence-electron chi connectivity index (χ4n) is 4.24. The lowest BCUT2D eigenvalue weighted by atomic mass is 10.1. The Morgan fingerprint density at radius 2 is 1.86 bits per heavy atom. The fraction of sp³-hybridized carbons (Fsp3) is 0.214. The molecule has 4 aromatic rings. The van der Waals surface area contributed by atoms with E-state index in [1.165, 1.54) is 0 Å². The summed E-state index contributed by atoms with van der Waals surface area (Å²) in [5.41, 5.74) is 3.33. The van der Waals surface area contributed by atoms with Gasteiger partial charge in [0.05, 0.1) is 19.7 Å². The Kier molecular flexibility index (Phi) is 6.77. The molecule has 1 aromatic heterocycles. The van der Waals surface area contributed by atoms with Gasteiger partial charge in [-0.25, -0.2) is 0 Å². The predicted octanol–water partition coefficient (Wildman–Crippen LogP) is 4.90. The molecule has 0 amide bonds. The second-order valence-electron chi connectivity index (χ2n) is 8.70. The number of methoxy groups -OCH3 is 1. The van der Waals surface area contributed by atoms with Gasteiger partial charge < -0.3 is 29.4 Å². The third-order valence-electron chi connectivity index (χ3n) is 6.23. The lowest BCUT2D eigenvalue weighted by Crippen LogP contribution is -2.41. The standard InChI is InChI=1S/C28H27N3O4S/c1-18(20-6-4-3-5-7-20)29-28(36)31(15-19-8-11-25-26(12-19)35-17-34-25)16-22-13-21-14-23(33-2)9-10-24(21)30-27(22)32/h3-14,18H,15-17H2,1-2H3,(H,29,36)(H,30,32). The minimum atomic E-state index is -0.151. The number of hydrogen-bond acceptors (Lipinski definition) is 5. The van der Waals surface area contributed by atoms with Gasteiger partial charge in [-0.1, -0.05) is 36.4 Å². The highest BCUT2D eigenvalue weighted by Crippen LogP contribution is 2.33. The van der Waals surface area contributed by atoms with Gasteiger partial charge in [-0.2, -0.15) is 0 Å².